The number of amides is 1. The van der Waals surface area contributed by atoms with Crippen molar-refractivity contribution in [3.05, 3.63) is 71.1 Å². The Balaban J connectivity index is 1.60. The van der Waals surface area contributed by atoms with Crippen LogP contribution in [0.4, 0.5) is 5.13 Å². The Labute approximate surface area is 160 Å². The zero-order valence-corrected chi connectivity index (χ0v) is 15.2. The van der Waals surface area contributed by atoms with Crippen LogP contribution in [0.25, 0.3) is 11.3 Å². The number of rotatable bonds is 5. The molecule has 1 unspecified atom stereocenters. The summed E-state index contributed by atoms with van der Waals surface area (Å²) in [5.41, 5.74) is 2.43. The molecule has 2 aromatic carbocycles. The lowest BCUT2D eigenvalue weighted by molar-refractivity contribution is -0.123. The van der Waals surface area contributed by atoms with Gasteiger partial charge in [0.05, 0.1) is 22.9 Å². The van der Waals surface area contributed by atoms with E-state index < -0.39 is 18.0 Å². The van der Waals surface area contributed by atoms with E-state index in [9.17, 15) is 9.59 Å². The Kier molecular flexibility index (Phi) is 5.59. The average Bonchev–Trinajstić information content (AvgIpc) is 3.17. The largest absolute Gasteiger partial charge is 0.449 e. The molecule has 0 fully saturated rings. The number of benzene rings is 2. The Bertz CT molecular complexity index is 991. The number of nitrogens with zero attached hydrogens (tertiary/aromatic N) is 2. The molecule has 7 heteroatoms. The molecule has 0 saturated carbocycles. The summed E-state index contributed by atoms with van der Waals surface area (Å²) in [6, 6.07) is 17.6. The van der Waals surface area contributed by atoms with Crippen molar-refractivity contribution < 1.29 is 14.3 Å². The van der Waals surface area contributed by atoms with Gasteiger partial charge in [-0.25, -0.2) is 9.78 Å². The van der Waals surface area contributed by atoms with Crippen molar-refractivity contribution in [1.82, 2.24) is 4.98 Å². The fraction of sp³-hybridized carbons (Fsp3) is 0.100. The van der Waals surface area contributed by atoms with E-state index in [1.165, 1.54) is 42.5 Å². The van der Waals surface area contributed by atoms with E-state index in [0.717, 1.165) is 11.3 Å². The summed E-state index contributed by atoms with van der Waals surface area (Å²) < 4.78 is 5.18. The van der Waals surface area contributed by atoms with Gasteiger partial charge in [0.1, 0.15) is 0 Å². The number of nitrogens with one attached hydrogen (secondary N) is 1. The van der Waals surface area contributed by atoms with Crippen molar-refractivity contribution in [2.75, 3.05) is 5.32 Å². The van der Waals surface area contributed by atoms with Crippen LogP contribution in [0.5, 0.6) is 0 Å². The SMILES string of the molecule is CC(OC(=O)c1ccc(C#N)cc1)C(=O)Nc1nc(-c2ccccc2)cs1. The van der Waals surface area contributed by atoms with Gasteiger partial charge in [-0.05, 0) is 31.2 Å². The van der Waals surface area contributed by atoms with Crippen LogP contribution >= 0.6 is 11.3 Å². The van der Waals surface area contributed by atoms with Crippen molar-refractivity contribution in [3.8, 4) is 17.3 Å². The van der Waals surface area contributed by atoms with Crippen molar-refractivity contribution in [1.29, 1.82) is 5.26 Å². The zero-order chi connectivity index (χ0) is 19.2. The van der Waals surface area contributed by atoms with Gasteiger partial charge >= 0.3 is 5.97 Å². The fourth-order valence-corrected chi connectivity index (χ4v) is 2.97. The zero-order valence-electron chi connectivity index (χ0n) is 14.4. The summed E-state index contributed by atoms with van der Waals surface area (Å²) in [5, 5.41) is 13.7. The number of carbonyl (C=O) groups is 2. The van der Waals surface area contributed by atoms with Crippen molar-refractivity contribution in [2.24, 2.45) is 0 Å². The molecule has 0 aliphatic carbocycles. The predicted octanol–water partition coefficient (Wildman–Crippen LogP) is 3.87. The molecule has 1 atom stereocenters. The van der Waals surface area contributed by atoms with Crippen LogP contribution in [0.3, 0.4) is 0 Å². The highest BCUT2D eigenvalue weighted by Gasteiger charge is 2.20. The number of thiazole rings is 1. The molecule has 6 nitrogen and oxygen atoms in total. The monoisotopic (exact) mass is 377 g/mol. The molecule has 1 aromatic heterocycles. The van der Waals surface area contributed by atoms with Crippen LogP contribution < -0.4 is 5.32 Å². The molecular weight excluding hydrogens is 362 g/mol. The first-order valence-electron chi connectivity index (χ1n) is 8.10. The molecule has 0 saturated heterocycles. The highest BCUT2D eigenvalue weighted by atomic mass is 32.1. The number of anilines is 1. The van der Waals surface area contributed by atoms with Crippen LogP contribution in [0.1, 0.15) is 22.8 Å². The summed E-state index contributed by atoms with van der Waals surface area (Å²) in [6.45, 7) is 1.49. The van der Waals surface area contributed by atoms with Gasteiger partial charge in [-0.3, -0.25) is 10.1 Å². The Morgan fingerprint density at radius 2 is 1.85 bits per heavy atom. The maximum Gasteiger partial charge on any atom is 0.338 e. The number of ether oxygens (including phenoxy) is 1. The molecular formula is C20H15N3O3S. The molecule has 27 heavy (non-hydrogen) atoms. The lowest BCUT2D eigenvalue weighted by Crippen LogP contribution is -2.29. The second kappa shape index (κ2) is 8.25. The van der Waals surface area contributed by atoms with Crippen molar-refractivity contribution in [3.63, 3.8) is 0 Å². The second-order valence-electron chi connectivity index (χ2n) is 5.63. The lowest BCUT2D eigenvalue weighted by atomic mass is 10.1. The highest BCUT2D eigenvalue weighted by Crippen LogP contribution is 2.24. The number of hydrogen-bond donors (Lipinski definition) is 1. The van der Waals surface area contributed by atoms with E-state index in [-0.39, 0.29) is 5.56 Å². The maximum atomic E-state index is 12.3. The van der Waals surface area contributed by atoms with E-state index in [4.69, 9.17) is 10.00 Å². The normalized spacial score (nSPS) is 11.3. The third kappa shape index (κ3) is 4.57. The van der Waals surface area contributed by atoms with Gasteiger partial charge in [0.2, 0.25) is 0 Å². The molecule has 3 rings (SSSR count). The topological polar surface area (TPSA) is 92.1 Å². The van der Waals surface area contributed by atoms with Gasteiger partial charge in [-0.1, -0.05) is 30.3 Å². The van der Waals surface area contributed by atoms with E-state index in [1.807, 2.05) is 41.8 Å². The molecule has 1 N–H and O–H groups in total. The average molecular weight is 377 g/mol. The third-order valence-electron chi connectivity index (χ3n) is 3.71. The predicted molar refractivity (Wildman–Crippen MR) is 102 cm³/mol. The standard InChI is InChI=1S/C20H15N3O3S/c1-13(26-19(25)16-9-7-14(11-21)8-10-16)18(24)23-20-22-17(12-27-20)15-5-3-2-4-6-15/h2-10,12-13H,1H3,(H,22,23,24). The minimum Gasteiger partial charge on any atom is -0.449 e. The molecule has 1 heterocycles. The number of carbonyl (C=O) groups excluding carboxylic acids is 2. The first-order chi connectivity index (χ1) is 13.1. The van der Waals surface area contributed by atoms with E-state index in [0.29, 0.717) is 10.7 Å². The summed E-state index contributed by atoms with van der Waals surface area (Å²) in [6.07, 6.45) is -0.989. The fourth-order valence-electron chi connectivity index (χ4n) is 2.24. The third-order valence-corrected chi connectivity index (χ3v) is 4.46. The molecule has 0 radical (unpaired) electrons. The molecule has 0 aliphatic rings. The Morgan fingerprint density at radius 1 is 1.15 bits per heavy atom. The minimum atomic E-state index is -0.989. The smallest absolute Gasteiger partial charge is 0.338 e. The van der Waals surface area contributed by atoms with Crippen LogP contribution in [0.2, 0.25) is 0 Å². The number of nitriles is 1. The van der Waals surface area contributed by atoms with Crippen molar-refractivity contribution in [2.45, 2.75) is 13.0 Å². The number of aromatic nitrogens is 1. The van der Waals surface area contributed by atoms with Gasteiger partial charge in [0.15, 0.2) is 11.2 Å². The second-order valence-corrected chi connectivity index (χ2v) is 6.49. The highest BCUT2D eigenvalue weighted by molar-refractivity contribution is 7.14. The van der Waals surface area contributed by atoms with Crippen molar-refractivity contribution >= 4 is 28.3 Å². The van der Waals surface area contributed by atoms with Gasteiger partial charge in [0, 0.05) is 10.9 Å². The first kappa shape index (κ1) is 18.3. The van der Waals surface area contributed by atoms with Gasteiger partial charge in [-0.15, -0.1) is 11.3 Å². The molecule has 0 bridgehead atoms. The molecule has 3 aromatic rings. The summed E-state index contributed by atoms with van der Waals surface area (Å²) >= 11 is 1.30. The number of hydrogen-bond acceptors (Lipinski definition) is 6. The summed E-state index contributed by atoms with van der Waals surface area (Å²) in [4.78, 5) is 28.7. The molecule has 1 amide bonds. The summed E-state index contributed by atoms with van der Waals surface area (Å²) in [7, 11) is 0. The van der Waals surface area contributed by atoms with Gasteiger partial charge < -0.3 is 4.74 Å². The first-order valence-corrected chi connectivity index (χ1v) is 8.98. The summed E-state index contributed by atoms with van der Waals surface area (Å²) in [5.74, 6) is -1.10. The maximum absolute atomic E-state index is 12.3. The Morgan fingerprint density at radius 3 is 2.52 bits per heavy atom. The van der Waals surface area contributed by atoms with Crippen LogP contribution in [-0.2, 0) is 9.53 Å². The van der Waals surface area contributed by atoms with Crippen LogP contribution in [0.15, 0.2) is 60.0 Å². The van der Waals surface area contributed by atoms with Crippen LogP contribution in [0, 0.1) is 11.3 Å². The van der Waals surface area contributed by atoms with E-state index in [2.05, 4.69) is 10.3 Å². The number of esters is 1. The lowest BCUT2D eigenvalue weighted by Gasteiger charge is -2.12. The molecule has 0 spiro atoms. The van der Waals surface area contributed by atoms with Gasteiger partial charge in [-0.2, -0.15) is 5.26 Å². The quantitative estimate of drug-likeness (QED) is 0.682. The molecule has 0 aliphatic heterocycles. The van der Waals surface area contributed by atoms with E-state index in [1.54, 1.807) is 0 Å². The Hall–Kier alpha value is -3.50. The van der Waals surface area contributed by atoms with Crippen LogP contribution in [-0.4, -0.2) is 23.0 Å². The van der Waals surface area contributed by atoms with E-state index >= 15 is 0 Å². The minimum absolute atomic E-state index is 0.272. The van der Waals surface area contributed by atoms with Gasteiger partial charge in [0.25, 0.3) is 5.91 Å². The molecule has 134 valence electrons.